The fourth-order valence-corrected chi connectivity index (χ4v) is 2.98. The summed E-state index contributed by atoms with van der Waals surface area (Å²) in [7, 11) is 0. The van der Waals surface area contributed by atoms with Crippen LogP contribution in [0.3, 0.4) is 0 Å². The zero-order valence-electron chi connectivity index (χ0n) is 10.1. The molecular formula is C14H11ClF3N. The van der Waals surface area contributed by atoms with E-state index in [4.69, 9.17) is 11.6 Å². The summed E-state index contributed by atoms with van der Waals surface area (Å²) in [5, 5.41) is -0.127. The van der Waals surface area contributed by atoms with Gasteiger partial charge in [0.2, 0.25) is 0 Å². The van der Waals surface area contributed by atoms with Gasteiger partial charge in [-0.3, -0.25) is 0 Å². The summed E-state index contributed by atoms with van der Waals surface area (Å²) in [5.74, 6) is -3.23. The number of hydrogen-bond donors (Lipinski definition) is 0. The zero-order chi connectivity index (χ0) is 13.6. The summed E-state index contributed by atoms with van der Waals surface area (Å²) in [6.07, 6.45) is 4.28. The molecule has 0 amide bonds. The van der Waals surface area contributed by atoms with Crippen LogP contribution in [0.1, 0.15) is 30.5 Å². The van der Waals surface area contributed by atoms with E-state index in [9.17, 15) is 13.2 Å². The molecule has 0 radical (unpaired) electrons. The normalized spacial score (nSPS) is 15.4. The predicted octanol–water partition coefficient (Wildman–Crippen LogP) is 4.57. The van der Waals surface area contributed by atoms with E-state index in [1.54, 1.807) is 0 Å². The highest BCUT2D eigenvalue weighted by atomic mass is 35.5. The van der Waals surface area contributed by atoms with E-state index in [-0.39, 0.29) is 15.9 Å². The summed E-state index contributed by atoms with van der Waals surface area (Å²) < 4.78 is 40.9. The van der Waals surface area contributed by atoms with E-state index in [1.807, 2.05) is 0 Å². The Hall–Kier alpha value is -1.29. The summed E-state index contributed by atoms with van der Waals surface area (Å²) >= 11 is 6.17. The van der Waals surface area contributed by atoms with E-state index in [0.29, 0.717) is 24.6 Å². The average molecular weight is 286 g/mol. The molecule has 0 aliphatic heterocycles. The van der Waals surface area contributed by atoms with Crippen molar-refractivity contribution in [3.8, 4) is 0 Å². The third kappa shape index (κ3) is 1.98. The number of nitrogens with zero attached hydrogens (tertiary/aromatic N) is 1. The van der Waals surface area contributed by atoms with Crippen molar-refractivity contribution in [2.24, 2.45) is 0 Å². The molecule has 0 N–H and O–H groups in total. The van der Waals surface area contributed by atoms with Gasteiger partial charge in [-0.15, -0.1) is 0 Å². The SMILES string of the molecule is Fc1cc(F)c2nc3c(c(Cl)c2c1F)CCCCC3. The smallest absolute Gasteiger partial charge is 0.169 e. The van der Waals surface area contributed by atoms with Gasteiger partial charge in [0.25, 0.3) is 0 Å². The van der Waals surface area contributed by atoms with Crippen molar-refractivity contribution in [1.29, 1.82) is 0 Å². The van der Waals surface area contributed by atoms with Crippen molar-refractivity contribution >= 4 is 22.5 Å². The van der Waals surface area contributed by atoms with Crippen LogP contribution in [0.2, 0.25) is 5.02 Å². The van der Waals surface area contributed by atoms with Gasteiger partial charge in [-0.05, 0) is 31.2 Å². The highest BCUT2D eigenvalue weighted by Gasteiger charge is 2.22. The first-order chi connectivity index (χ1) is 9.09. The second kappa shape index (κ2) is 4.67. The lowest BCUT2D eigenvalue weighted by atomic mass is 10.0. The molecule has 0 atom stereocenters. The Morgan fingerprint density at radius 1 is 1.00 bits per heavy atom. The number of hydrogen-bond acceptors (Lipinski definition) is 1. The van der Waals surface area contributed by atoms with Crippen LogP contribution in [-0.4, -0.2) is 4.98 Å². The monoisotopic (exact) mass is 285 g/mol. The number of pyridine rings is 1. The van der Waals surface area contributed by atoms with Crippen molar-refractivity contribution in [2.75, 3.05) is 0 Å². The highest BCUT2D eigenvalue weighted by Crippen LogP contribution is 2.35. The Morgan fingerprint density at radius 3 is 2.53 bits per heavy atom. The lowest BCUT2D eigenvalue weighted by molar-refractivity contribution is 0.505. The Balaban J connectivity index is 2.41. The molecule has 0 bridgehead atoms. The molecule has 0 fully saturated rings. The fourth-order valence-electron chi connectivity index (χ4n) is 2.61. The average Bonchev–Trinajstić information content (AvgIpc) is 2.61. The molecule has 5 heteroatoms. The molecule has 0 spiro atoms. The van der Waals surface area contributed by atoms with Crippen LogP contribution in [0, 0.1) is 17.5 Å². The first-order valence-electron chi connectivity index (χ1n) is 6.24. The number of fused-ring (bicyclic) bond motifs is 2. The standard InChI is InChI=1S/C14H11ClF3N/c15-12-7-4-2-1-3-5-10(7)19-14-9(17)6-8(16)13(18)11(12)14/h6H,1-5H2. The van der Waals surface area contributed by atoms with Gasteiger partial charge >= 0.3 is 0 Å². The molecule has 1 heterocycles. The van der Waals surface area contributed by atoms with Gasteiger partial charge in [0, 0.05) is 11.8 Å². The minimum absolute atomic E-state index is 0.109. The van der Waals surface area contributed by atoms with Gasteiger partial charge < -0.3 is 0 Å². The number of benzene rings is 1. The third-order valence-electron chi connectivity index (χ3n) is 3.57. The summed E-state index contributed by atoms with van der Waals surface area (Å²) in [5.41, 5.74) is 1.26. The number of aromatic nitrogens is 1. The van der Waals surface area contributed by atoms with E-state index in [2.05, 4.69) is 4.98 Å². The highest BCUT2D eigenvalue weighted by molar-refractivity contribution is 6.36. The number of rotatable bonds is 0. The maximum Gasteiger partial charge on any atom is 0.169 e. The molecule has 1 aromatic heterocycles. The van der Waals surface area contributed by atoms with Crippen LogP contribution in [0.25, 0.3) is 10.9 Å². The molecule has 0 saturated heterocycles. The Morgan fingerprint density at radius 2 is 1.74 bits per heavy atom. The van der Waals surface area contributed by atoms with Crippen LogP contribution in [0.5, 0.6) is 0 Å². The van der Waals surface area contributed by atoms with Gasteiger partial charge in [0.05, 0.1) is 10.4 Å². The first kappa shape index (κ1) is 12.7. The molecule has 3 rings (SSSR count). The molecule has 1 aliphatic rings. The van der Waals surface area contributed by atoms with Crippen molar-refractivity contribution < 1.29 is 13.2 Å². The summed E-state index contributed by atoms with van der Waals surface area (Å²) in [6.45, 7) is 0. The Kier molecular flexibility index (Phi) is 3.13. The molecular weight excluding hydrogens is 275 g/mol. The van der Waals surface area contributed by atoms with Gasteiger partial charge in [0.1, 0.15) is 5.52 Å². The molecule has 2 aromatic rings. The molecule has 0 unspecified atom stereocenters. The molecule has 0 saturated carbocycles. The lowest BCUT2D eigenvalue weighted by Crippen LogP contribution is -2.02. The largest absolute Gasteiger partial charge is 0.249 e. The van der Waals surface area contributed by atoms with Crippen LogP contribution in [-0.2, 0) is 12.8 Å². The van der Waals surface area contributed by atoms with E-state index in [0.717, 1.165) is 24.8 Å². The van der Waals surface area contributed by atoms with Gasteiger partial charge in [0.15, 0.2) is 17.5 Å². The number of aryl methyl sites for hydroxylation is 1. The predicted molar refractivity (Wildman–Crippen MR) is 67.9 cm³/mol. The van der Waals surface area contributed by atoms with Crippen LogP contribution in [0.15, 0.2) is 6.07 Å². The Bertz CT molecular complexity index is 670. The van der Waals surface area contributed by atoms with Gasteiger partial charge in [-0.2, -0.15) is 0 Å². The fraction of sp³-hybridized carbons (Fsp3) is 0.357. The van der Waals surface area contributed by atoms with Gasteiger partial charge in [-0.25, -0.2) is 18.2 Å². The molecule has 100 valence electrons. The third-order valence-corrected chi connectivity index (χ3v) is 3.98. The van der Waals surface area contributed by atoms with E-state index < -0.39 is 17.5 Å². The number of halogens is 4. The van der Waals surface area contributed by atoms with Crippen LogP contribution >= 0.6 is 11.6 Å². The van der Waals surface area contributed by atoms with Crippen molar-refractivity contribution in [2.45, 2.75) is 32.1 Å². The maximum atomic E-state index is 13.8. The first-order valence-corrected chi connectivity index (χ1v) is 6.62. The van der Waals surface area contributed by atoms with Crippen LogP contribution in [0.4, 0.5) is 13.2 Å². The van der Waals surface area contributed by atoms with Crippen molar-refractivity contribution in [3.05, 3.63) is 39.8 Å². The topological polar surface area (TPSA) is 12.9 Å². The van der Waals surface area contributed by atoms with Gasteiger partial charge in [-0.1, -0.05) is 18.0 Å². The van der Waals surface area contributed by atoms with Crippen molar-refractivity contribution in [1.82, 2.24) is 4.98 Å². The second-order valence-electron chi connectivity index (χ2n) is 4.79. The molecule has 1 aromatic carbocycles. The van der Waals surface area contributed by atoms with E-state index in [1.165, 1.54) is 0 Å². The summed E-state index contributed by atoms with van der Waals surface area (Å²) in [6, 6.07) is 0.518. The maximum absolute atomic E-state index is 13.8. The quantitative estimate of drug-likeness (QED) is 0.510. The van der Waals surface area contributed by atoms with E-state index >= 15 is 0 Å². The zero-order valence-corrected chi connectivity index (χ0v) is 10.8. The summed E-state index contributed by atoms with van der Waals surface area (Å²) in [4.78, 5) is 4.17. The lowest BCUT2D eigenvalue weighted by Gasteiger charge is -2.12. The van der Waals surface area contributed by atoms with Crippen molar-refractivity contribution in [3.63, 3.8) is 0 Å². The van der Waals surface area contributed by atoms with Crippen LogP contribution < -0.4 is 0 Å². The minimum Gasteiger partial charge on any atom is -0.249 e. The minimum atomic E-state index is -1.23. The molecule has 1 nitrogen and oxygen atoms in total. The Labute approximate surface area is 113 Å². The molecule has 19 heavy (non-hydrogen) atoms. The molecule has 1 aliphatic carbocycles. The second-order valence-corrected chi connectivity index (χ2v) is 5.17.